The number of phenols is 1. The zero-order valence-electron chi connectivity index (χ0n) is 16.7. The van der Waals surface area contributed by atoms with E-state index in [1.54, 1.807) is 30.5 Å². The number of nitrogens with zero attached hydrogens (tertiary/aromatic N) is 2. The van der Waals surface area contributed by atoms with Crippen molar-refractivity contribution >= 4 is 0 Å². The van der Waals surface area contributed by atoms with Crippen LogP contribution in [-0.4, -0.2) is 39.7 Å². The van der Waals surface area contributed by atoms with Crippen molar-refractivity contribution in [1.82, 2.24) is 15.5 Å². The van der Waals surface area contributed by atoms with E-state index in [4.69, 9.17) is 9.15 Å². The molecule has 0 spiro atoms. The second-order valence-electron chi connectivity index (χ2n) is 8.17. The van der Waals surface area contributed by atoms with Crippen LogP contribution >= 0.6 is 0 Å². The zero-order chi connectivity index (χ0) is 20.7. The molecule has 2 bridgehead atoms. The highest BCUT2D eigenvalue weighted by molar-refractivity contribution is 5.74. The van der Waals surface area contributed by atoms with Crippen molar-refractivity contribution in [3.8, 4) is 34.0 Å². The number of halogens is 1. The first-order valence-electron chi connectivity index (χ1n) is 10.4. The molecule has 4 atom stereocenters. The average molecular weight is 409 g/mol. The van der Waals surface area contributed by atoms with Crippen molar-refractivity contribution in [3.05, 3.63) is 48.4 Å². The molecular formula is C23H24FN3O3. The van der Waals surface area contributed by atoms with Crippen molar-refractivity contribution in [2.24, 2.45) is 0 Å². The molecule has 1 aromatic carbocycles. The van der Waals surface area contributed by atoms with Crippen LogP contribution in [0.4, 0.5) is 4.39 Å². The topological polar surface area (TPSA) is 80.4 Å². The van der Waals surface area contributed by atoms with Crippen LogP contribution in [-0.2, 0) is 0 Å². The molecular weight excluding hydrogens is 385 g/mol. The molecule has 2 fully saturated rings. The molecule has 0 amide bonds. The standard InChI is InChI=1S/C23H24FN3O3/c1-13-9-15(12-29-13)14-5-6-17(20(28)10-14)18-7-8-22(27-26-18)30-21-11-16-3-2-4-19(25-16)23(21)24/h5-10,12,16,19,21,23,25,28H,2-4,11H2,1H3/t16?,19?,21-,23+/m0/s1. The number of hydrogen-bond donors (Lipinski definition) is 2. The Hall–Kier alpha value is -2.93. The fourth-order valence-corrected chi connectivity index (χ4v) is 4.48. The number of alkyl halides is 1. The maximum atomic E-state index is 14.7. The molecule has 3 aromatic rings. The van der Waals surface area contributed by atoms with Gasteiger partial charge in [0.25, 0.3) is 0 Å². The molecule has 2 N–H and O–H groups in total. The van der Waals surface area contributed by atoms with Gasteiger partial charge in [0.1, 0.15) is 17.6 Å². The largest absolute Gasteiger partial charge is 0.507 e. The summed E-state index contributed by atoms with van der Waals surface area (Å²) in [5.74, 6) is 1.21. The molecule has 0 aliphatic carbocycles. The van der Waals surface area contributed by atoms with Crippen molar-refractivity contribution in [1.29, 1.82) is 0 Å². The summed E-state index contributed by atoms with van der Waals surface area (Å²) < 4.78 is 25.9. The van der Waals surface area contributed by atoms with Crippen molar-refractivity contribution in [2.45, 2.75) is 57.0 Å². The van der Waals surface area contributed by atoms with Gasteiger partial charge in [-0.2, -0.15) is 0 Å². The van der Waals surface area contributed by atoms with E-state index < -0.39 is 12.3 Å². The number of benzene rings is 1. The van der Waals surface area contributed by atoms with Gasteiger partial charge in [-0.3, -0.25) is 0 Å². The van der Waals surface area contributed by atoms with Crippen molar-refractivity contribution < 1.29 is 18.7 Å². The molecule has 2 aliphatic rings. The normalized spacial score (nSPS) is 25.8. The molecule has 30 heavy (non-hydrogen) atoms. The molecule has 2 saturated heterocycles. The lowest BCUT2D eigenvalue weighted by atomic mass is 9.84. The van der Waals surface area contributed by atoms with Gasteiger partial charge in [-0.25, -0.2) is 4.39 Å². The lowest BCUT2D eigenvalue weighted by Gasteiger charge is -2.42. The van der Waals surface area contributed by atoms with Crippen LogP contribution in [0.3, 0.4) is 0 Å². The number of piperidine rings is 2. The minimum atomic E-state index is -1.05. The minimum absolute atomic E-state index is 0.101. The van der Waals surface area contributed by atoms with Crippen LogP contribution in [0.1, 0.15) is 31.4 Å². The summed E-state index contributed by atoms with van der Waals surface area (Å²) in [6, 6.07) is 10.9. The van der Waals surface area contributed by atoms with Crippen LogP contribution in [0, 0.1) is 6.92 Å². The molecule has 0 radical (unpaired) electrons. The van der Waals surface area contributed by atoms with Gasteiger partial charge in [-0.1, -0.05) is 12.5 Å². The number of hydrogen-bond acceptors (Lipinski definition) is 6. The summed E-state index contributed by atoms with van der Waals surface area (Å²) in [7, 11) is 0. The van der Waals surface area contributed by atoms with E-state index in [2.05, 4.69) is 15.5 Å². The summed E-state index contributed by atoms with van der Waals surface area (Å²) in [4.78, 5) is 0. The summed E-state index contributed by atoms with van der Waals surface area (Å²) in [6.07, 6.45) is 3.70. The molecule has 2 unspecified atom stereocenters. The van der Waals surface area contributed by atoms with Crippen molar-refractivity contribution in [3.63, 3.8) is 0 Å². The highest BCUT2D eigenvalue weighted by atomic mass is 19.1. The molecule has 2 aliphatic heterocycles. The summed E-state index contributed by atoms with van der Waals surface area (Å²) in [5.41, 5.74) is 2.84. The monoisotopic (exact) mass is 409 g/mol. The first kappa shape index (κ1) is 19.1. The average Bonchev–Trinajstić information content (AvgIpc) is 3.19. The number of nitrogens with one attached hydrogen (secondary N) is 1. The highest BCUT2D eigenvalue weighted by Crippen LogP contribution is 2.34. The number of aromatic nitrogens is 2. The van der Waals surface area contributed by atoms with Gasteiger partial charge in [0, 0.05) is 35.7 Å². The van der Waals surface area contributed by atoms with E-state index in [9.17, 15) is 9.50 Å². The second kappa shape index (κ2) is 7.72. The van der Waals surface area contributed by atoms with E-state index in [0.29, 0.717) is 29.6 Å². The van der Waals surface area contributed by atoms with E-state index in [-0.39, 0.29) is 11.8 Å². The molecule has 4 heterocycles. The maximum absolute atomic E-state index is 14.7. The quantitative estimate of drug-likeness (QED) is 0.664. The van der Waals surface area contributed by atoms with Gasteiger partial charge in [-0.15, -0.1) is 10.2 Å². The Labute approximate surface area is 174 Å². The zero-order valence-corrected chi connectivity index (χ0v) is 16.7. The Morgan fingerprint density at radius 3 is 2.77 bits per heavy atom. The number of aromatic hydroxyl groups is 1. The molecule has 5 rings (SSSR count). The Balaban J connectivity index is 1.31. The van der Waals surface area contributed by atoms with Gasteiger partial charge in [0.15, 0.2) is 6.17 Å². The minimum Gasteiger partial charge on any atom is -0.507 e. The van der Waals surface area contributed by atoms with Gasteiger partial charge >= 0.3 is 0 Å². The lowest BCUT2D eigenvalue weighted by molar-refractivity contribution is 0.00652. The number of aryl methyl sites for hydroxylation is 1. The molecule has 6 nitrogen and oxygen atoms in total. The fraction of sp³-hybridized carbons (Fsp3) is 0.391. The Kier molecular flexibility index (Phi) is 4.90. The Morgan fingerprint density at radius 1 is 1.13 bits per heavy atom. The number of rotatable bonds is 4. The van der Waals surface area contributed by atoms with Crippen LogP contribution < -0.4 is 10.1 Å². The number of ether oxygens (including phenoxy) is 1. The number of fused-ring (bicyclic) bond motifs is 2. The SMILES string of the molecule is Cc1cc(-c2ccc(-c3ccc(O[C@H]4CC5CCCC(N5)[C@H]4F)nn3)c(O)c2)co1. The third-order valence-corrected chi connectivity index (χ3v) is 6.02. The molecule has 0 saturated carbocycles. The molecule has 2 aromatic heterocycles. The van der Waals surface area contributed by atoms with Crippen LogP contribution in [0.5, 0.6) is 11.6 Å². The van der Waals surface area contributed by atoms with Gasteiger partial charge in [0.05, 0.1) is 12.0 Å². The van der Waals surface area contributed by atoms with Crippen molar-refractivity contribution in [2.75, 3.05) is 0 Å². The van der Waals surface area contributed by atoms with E-state index >= 15 is 0 Å². The van der Waals surface area contributed by atoms with Crippen LogP contribution in [0.15, 0.2) is 47.1 Å². The predicted octanol–water partition coefficient (Wildman–Crippen LogP) is 4.42. The molecule has 7 heteroatoms. The third kappa shape index (κ3) is 3.65. The second-order valence-corrected chi connectivity index (χ2v) is 8.17. The fourth-order valence-electron chi connectivity index (χ4n) is 4.48. The van der Waals surface area contributed by atoms with Crippen LogP contribution in [0.25, 0.3) is 22.4 Å². The van der Waals surface area contributed by atoms with Crippen LogP contribution in [0.2, 0.25) is 0 Å². The number of furan rings is 1. The van der Waals surface area contributed by atoms with Gasteiger partial charge in [0.2, 0.25) is 5.88 Å². The highest BCUT2D eigenvalue weighted by Gasteiger charge is 2.41. The smallest absolute Gasteiger partial charge is 0.233 e. The summed E-state index contributed by atoms with van der Waals surface area (Å²) >= 11 is 0. The first-order chi connectivity index (χ1) is 14.6. The van der Waals surface area contributed by atoms with Gasteiger partial charge < -0.3 is 19.6 Å². The van der Waals surface area contributed by atoms with Gasteiger partial charge in [-0.05, 0) is 49.6 Å². The van der Waals surface area contributed by atoms with E-state index in [1.807, 2.05) is 19.1 Å². The van der Waals surface area contributed by atoms with E-state index in [0.717, 1.165) is 36.1 Å². The Bertz CT molecular complexity index is 1040. The first-order valence-corrected chi connectivity index (χ1v) is 10.4. The summed E-state index contributed by atoms with van der Waals surface area (Å²) in [6.45, 7) is 1.87. The lowest BCUT2D eigenvalue weighted by Crippen LogP contribution is -2.59. The van der Waals surface area contributed by atoms with E-state index in [1.165, 1.54) is 0 Å². The molecule has 156 valence electrons. The third-order valence-electron chi connectivity index (χ3n) is 6.02. The predicted molar refractivity (Wildman–Crippen MR) is 110 cm³/mol. The summed E-state index contributed by atoms with van der Waals surface area (Å²) in [5, 5.41) is 22.1. The Morgan fingerprint density at radius 2 is 2.03 bits per heavy atom. The number of phenolic OH excluding ortho intramolecular Hbond substituents is 1. The maximum Gasteiger partial charge on any atom is 0.233 e.